The Bertz CT molecular complexity index is 434. The average Bonchev–Trinajstić information content (AvgIpc) is 2.48. The summed E-state index contributed by atoms with van der Waals surface area (Å²) >= 11 is 0. The van der Waals surface area contributed by atoms with E-state index in [0.717, 1.165) is 18.4 Å². The molecule has 0 saturated carbocycles. The molecule has 1 aliphatic rings. The molecule has 2 rings (SSSR count). The maximum absolute atomic E-state index is 10.7. The Balaban J connectivity index is 2.35. The maximum atomic E-state index is 10.7. The van der Waals surface area contributed by atoms with Crippen molar-refractivity contribution < 1.29 is 10.0 Å². The Hall–Kier alpha value is -1.46. The molecule has 0 amide bonds. The lowest BCUT2D eigenvalue weighted by Gasteiger charge is -2.15. The fourth-order valence-electron chi connectivity index (χ4n) is 2.34. The molecule has 0 fully saturated rings. The van der Waals surface area contributed by atoms with E-state index in [0.29, 0.717) is 12.0 Å². The number of rotatable bonds is 2. The van der Waals surface area contributed by atoms with Crippen LogP contribution in [0.5, 0.6) is 0 Å². The molecule has 0 bridgehead atoms. The number of nitro groups is 1. The predicted molar refractivity (Wildman–Crippen MR) is 63.8 cm³/mol. The van der Waals surface area contributed by atoms with Crippen molar-refractivity contribution in [2.45, 2.75) is 31.4 Å². The van der Waals surface area contributed by atoms with E-state index in [1.165, 1.54) is 12.1 Å². The van der Waals surface area contributed by atoms with Crippen LogP contribution < -0.4 is 5.32 Å². The van der Waals surface area contributed by atoms with Crippen LogP contribution in [0, 0.1) is 10.1 Å². The smallest absolute Gasteiger partial charge is 0.269 e. The third kappa shape index (κ3) is 2.45. The van der Waals surface area contributed by atoms with E-state index < -0.39 is 11.0 Å². The molecule has 92 valence electrons. The van der Waals surface area contributed by atoms with E-state index in [1.807, 2.05) is 7.05 Å². The highest BCUT2D eigenvalue weighted by molar-refractivity contribution is 5.41. The number of nitrogens with one attached hydrogen (secondary N) is 1. The van der Waals surface area contributed by atoms with Gasteiger partial charge in [0.05, 0.1) is 11.0 Å². The van der Waals surface area contributed by atoms with Crippen molar-refractivity contribution in [3.05, 3.63) is 39.4 Å². The van der Waals surface area contributed by atoms with Gasteiger partial charge in [0.2, 0.25) is 0 Å². The van der Waals surface area contributed by atoms with Crippen LogP contribution in [0.4, 0.5) is 5.69 Å². The molecule has 0 radical (unpaired) electrons. The van der Waals surface area contributed by atoms with E-state index in [-0.39, 0.29) is 11.7 Å². The van der Waals surface area contributed by atoms with Gasteiger partial charge in [-0.1, -0.05) is 6.07 Å². The first kappa shape index (κ1) is 12.0. The van der Waals surface area contributed by atoms with Gasteiger partial charge in [0.15, 0.2) is 0 Å². The summed E-state index contributed by atoms with van der Waals surface area (Å²) in [6.07, 6.45) is 1.77. The second-order valence-electron chi connectivity index (χ2n) is 4.42. The van der Waals surface area contributed by atoms with Crippen molar-refractivity contribution in [3.63, 3.8) is 0 Å². The van der Waals surface area contributed by atoms with Gasteiger partial charge in [-0.2, -0.15) is 0 Å². The summed E-state index contributed by atoms with van der Waals surface area (Å²) in [6, 6.07) is 5.02. The first-order valence-corrected chi connectivity index (χ1v) is 5.74. The van der Waals surface area contributed by atoms with Gasteiger partial charge in [-0.05, 0) is 37.4 Å². The molecule has 5 nitrogen and oxygen atoms in total. The lowest BCUT2D eigenvalue weighted by Crippen LogP contribution is -2.26. The van der Waals surface area contributed by atoms with E-state index >= 15 is 0 Å². The molecule has 2 atom stereocenters. The summed E-state index contributed by atoms with van der Waals surface area (Å²) in [5.41, 5.74) is 1.77. The zero-order chi connectivity index (χ0) is 12.4. The van der Waals surface area contributed by atoms with Crippen molar-refractivity contribution in [2.24, 2.45) is 0 Å². The summed E-state index contributed by atoms with van der Waals surface area (Å²) < 4.78 is 0. The second-order valence-corrected chi connectivity index (χ2v) is 4.42. The van der Waals surface area contributed by atoms with Crippen LogP contribution >= 0.6 is 0 Å². The lowest BCUT2D eigenvalue weighted by molar-refractivity contribution is -0.385. The lowest BCUT2D eigenvalue weighted by atomic mass is 10.0. The summed E-state index contributed by atoms with van der Waals surface area (Å²) in [6.45, 7) is 0. The molecule has 5 heteroatoms. The average molecular weight is 236 g/mol. The van der Waals surface area contributed by atoms with E-state index in [2.05, 4.69) is 5.32 Å². The molecule has 1 aromatic carbocycles. The first-order chi connectivity index (χ1) is 8.11. The SMILES string of the molecule is CNC1CCc2ccc([N+](=O)[O-])cc2C(O)C1. The summed E-state index contributed by atoms with van der Waals surface area (Å²) in [5.74, 6) is 0. The zero-order valence-corrected chi connectivity index (χ0v) is 9.72. The number of nitro benzene ring substituents is 1. The summed E-state index contributed by atoms with van der Waals surface area (Å²) in [5, 5.41) is 24.0. The minimum atomic E-state index is -0.621. The van der Waals surface area contributed by atoms with Crippen LogP contribution in [0.25, 0.3) is 0 Å². The zero-order valence-electron chi connectivity index (χ0n) is 9.72. The first-order valence-electron chi connectivity index (χ1n) is 5.74. The molecule has 2 unspecified atom stereocenters. The summed E-state index contributed by atoms with van der Waals surface area (Å²) in [7, 11) is 1.87. The van der Waals surface area contributed by atoms with Gasteiger partial charge in [-0.3, -0.25) is 10.1 Å². The molecule has 1 aliphatic carbocycles. The largest absolute Gasteiger partial charge is 0.388 e. The Morgan fingerprint density at radius 2 is 2.29 bits per heavy atom. The number of fused-ring (bicyclic) bond motifs is 1. The molecular formula is C12H16N2O3. The number of hydrogen-bond acceptors (Lipinski definition) is 4. The van der Waals surface area contributed by atoms with E-state index in [1.54, 1.807) is 6.07 Å². The maximum Gasteiger partial charge on any atom is 0.269 e. The Kier molecular flexibility index (Phi) is 3.40. The van der Waals surface area contributed by atoms with Gasteiger partial charge >= 0.3 is 0 Å². The van der Waals surface area contributed by atoms with Crippen LogP contribution in [-0.2, 0) is 6.42 Å². The number of aliphatic hydroxyl groups excluding tert-OH is 1. The second kappa shape index (κ2) is 4.81. The van der Waals surface area contributed by atoms with Crippen LogP contribution in [0.1, 0.15) is 30.1 Å². The van der Waals surface area contributed by atoms with Gasteiger partial charge in [-0.25, -0.2) is 0 Å². The number of hydrogen-bond donors (Lipinski definition) is 2. The molecule has 0 heterocycles. The number of nitrogens with zero attached hydrogens (tertiary/aromatic N) is 1. The van der Waals surface area contributed by atoms with Crippen LogP contribution in [0.15, 0.2) is 18.2 Å². The van der Waals surface area contributed by atoms with Crippen LogP contribution in [0.2, 0.25) is 0 Å². The van der Waals surface area contributed by atoms with Crippen molar-refractivity contribution in [3.8, 4) is 0 Å². The van der Waals surface area contributed by atoms with Crippen molar-refractivity contribution >= 4 is 5.69 Å². The highest BCUT2D eigenvalue weighted by Crippen LogP contribution is 2.31. The molecule has 0 spiro atoms. The molecule has 0 saturated heterocycles. The number of aliphatic hydroxyl groups is 1. The van der Waals surface area contributed by atoms with E-state index in [9.17, 15) is 15.2 Å². The van der Waals surface area contributed by atoms with Crippen molar-refractivity contribution in [1.29, 1.82) is 0 Å². The van der Waals surface area contributed by atoms with Gasteiger partial charge in [0.1, 0.15) is 0 Å². The Labute approximate surface area is 99.6 Å². The molecular weight excluding hydrogens is 220 g/mol. The molecule has 2 N–H and O–H groups in total. The van der Waals surface area contributed by atoms with E-state index in [4.69, 9.17) is 0 Å². The van der Waals surface area contributed by atoms with Gasteiger partial charge in [0, 0.05) is 18.2 Å². The minimum absolute atomic E-state index is 0.0470. The van der Waals surface area contributed by atoms with Gasteiger partial charge in [0.25, 0.3) is 5.69 Å². The molecule has 17 heavy (non-hydrogen) atoms. The van der Waals surface area contributed by atoms with Crippen molar-refractivity contribution in [1.82, 2.24) is 5.32 Å². The molecule has 1 aromatic rings. The quantitative estimate of drug-likeness (QED) is 0.464. The third-order valence-corrected chi connectivity index (χ3v) is 3.38. The van der Waals surface area contributed by atoms with Crippen LogP contribution in [-0.4, -0.2) is 23.1 Å². The fraction of sp³-hybridized carbons (Fsp3) is 0.500. The van der Waals surface area contributed by atoms with Crippen molar-refractivity contribution in [2.75, 3.05) is 7.05 Å². The topological polar surface area (TPSA) is 75.4 Å². The third-order valence-electron chi connectivity index (χ3n) is 3.38. The summed E-state index contributed by atoms with van der Waals surface area (Å²) in [4.78, 5) is 10.3. The predicted octanol–water partition coefficient (Wildman–Crippen LogP) is 1.55. The molecule has 0 aliphatic heterocycles. The van der Waals surface area contributed by atoms with Gasteiger partial charge in [-0.15, -0.1) is 0 Å². The highest BCUT2D eigenvalue weighted by atomic mass is 16.6. The molecule has 0 aromatic heterocycles. The number of non-ortho nitro benzene ring substituents is 1. The number of aryl methyl sites for hydroxylation is 1. The fourth-order valence-corrected chi connectivity index (χ4v) is 2.34. The van der Waals surface area contributed by atoms with Crippen LogP contribution in [0.3, 0.4) is 0 Å². The Morgan fingerprint density at radius 3 is 2.94 bits per heavy atom. The van der Waals surface area contributed by atoms with Gasteiger partial charge < -0.3 is 10.4 Å². The highest BCUT2D eigenvalue weighted by Gasteiger charge is 2.23. The monoisotopic (exact) mass is 236 g/mol. The Morgan fingerprint density at radius 1 is 1.53 bits per heavy atom. The standard InChI is InChI=1S/C12H16N2O3/c1-13-9-4-2-8-3-5-10(14(16)17)7-11(8)12(15)6-9/h3,5,7,9,12-13,15H,2,4,6H2,1H3. The number of benzene rings is 1. The minimum Gasteiger partial charge on any atom is -0.388 e. The normalized spacial score (nSPS) is 23.9.